The molecule has 1 N–H and O–H groups in total. The predicted molar refractivity (Wildman–Crippen MR) is 141 cm³/mol. The third-order valence-corrected chi connectivity index (χ3v) is 7.03. The molecule has 0 saturated carbocycles. The van der Waals surface area contributed by atoms with E-state index in [-0.39, 0.29) is 0 Å². The number of fused-ring (bicyclic) bond motifs is 1. The maximum Gasteiger partial charge on any atom is 0.417 e. The van der Waals surface area contributed by atoms with Crippen LogP contribution in [0.15, 0.2) is 72.8 Å². The Labute approximate surface area is 209 Å². The van der Waals surface area contributed by atoms with E-state index in [0.717, 1.165) is 45.0 Å². The highest BCUT2D eigenvalue weighted by Gasteiger charge is 2.20. The quantitative estimate of drug-likeness (QED) is 0.382. The predicted octanol–water partition coefficient (Wildman–Crippen LogP) is 5.28. The average Bonchev–Trinajstić information content (AvgIpc) is 3.33. The topological polar surface area (TPSA) is 66.9 Å². The van der Waals surface area contributed by atoms with Crippen molar-refractivity contribution >= 4 is 39.2 Å². The molecule has 35 heavy (non-hydrogen) atoms. The van der Waals surface area contributed by atoms with Gasteiger partial charge in [-0.2, -0.15) is 4.37 Å². The Morgan fingerprint density at radius 3 is 2.40 bits per heavy atom. The first-order valence-corrected chi connectivity index (χ1v) is 12.5. The smallest absolute Gasteiger partial charge is 0.417 e. The number of methoxy groups -OCH3 is 1. The second-order valence-corrected chi connectivity index (χ2v) is 9.27. The Morgan fingerprint density at radius 1 is 0.943 bits per heavy atom. The van der Waals surface area contributed by atoms with E-state index in [2.05, 4.69) is 51.5 Å². The first-order valence-electron chi connectivity index (χ1n) is 11.7. The number of aromatic nitrogens is 1. The molecule has 0 radical (unpaired) electrons. The first-order chi connectivity index (χ1) is 17.2. The summed E-state index contributed by atoms with van der Waals surface area (Å²) >= 11 is 1.58. The maximum atomic E-state index is 12.2. The molecule has 7 nitrogen and oxygen atoms in total. The number of carbonyl (C=O) groups is 1. The number of amides is 1. The molecule has 0 atom stereocenters. The van der Waals surface area contributed by atoms with Gasteiger partial charge in [0.15, 0.2) is 0 Å². The molecule has 0 bridgehead atoms. The third kappa shape index (κ3) is 5.72. The largest absolute Gasteiger partial charge is 0.497 e. The summed E-state index contributed by atoms with van der Waals surface area (Å²) in [6, 6.07) is 23.3. The number of nitrogens with zero attached hydrogens (tertiary/aromatic N) is 3. The maximum absolute atomic E-state index is 12.2. The number of piperazine rings is 1. The van der Waals surface area contributed by atoms with E-state index in [1.807, 2.05) is 12.1 Å². The van der Waals surface area contributed by atoms with E-state index in [0.29, 0.717) is 17.2 Å². The van der Waals surface area contributed by atoms with Crippen molar-refractivity contribution in [3.8, 4) is 11.5 Å². The van der Waals surface area contributed by atoms with Gasteiger partial charge in [0, 0.05) is 43.8 Å². The lowest BCUT2D eigenvalue weighted by Gasteiger charge is -2.35. The van der Waals surface area contributed by atoms with E-state index >= 15 is 0 Å². The van der Waals surface area contributed by atoms with Crippen LogP contribution in [0.1, 0.15) is 5.56 Å². The molecule has 1 amide bonds. The first kappa shape index (κ1) is 23.1. The van der Waals surface area contributed by atoms with Crippen LogP contribution in [0.5, 0.6) is 11.5 Å². The van der Waals surface area contributed by atoms with Crippen LogP contribution in [0.2, 0.25) is 0 Å². The van der Waals surface area contributed by atoms with Gasteiger partial charge in [-0.25, -0.2) is 4.79 Å². The van der Waals surface area contributed by atoms with Gasteiger partial charge in [0.05, 0.1) is 11.8 Å². The van der Waals surface area contributed by atoms with Crippen molar-refractivity contribution in [3.05, 3.63) is 78.4 Å². The minimum Gasteiger partial charge on any atom is -0.497 e. The van der Waals surface area contributed by atoms with E-state index in [1.54, 1.807) is 42.9 Å². The summed E-state index contributed by atoms with van der Waals surface area (Å²) < 4.78 is 16.4. The van der Waals surface area contributed by atoms with Crippen LogP contribution in [-0.2, 0) is 6.42 Å². The second-order valence-electron chi connectivity index (χ2n) is 8.47. The molecule has 1 saturated heterocycles. The van der Waals surface area contributed by atoms with Crippen molar-refractivity contribution in [2.45, 2.75) is 6.42 Å². The molecule has 1 aliphatic rings. The van der Waals surface area contributed by atoms with Crippen LogP contribution < -0.4 is 19.7 Å². The lowest BCUT2D eigenvalue weighted by atomic mass is 10.1. The minimum absolute atomic E-state index is 0.461. The second kappa shape index (κ2) is 10.8. The Hall–Kier alpha value is -3.62. The third-order valence-electron chi connectivity index (χ3n) is 6.22. The highest BCUT2D eigenvalue weighted by molar-refractivity contribution is 7.13. The Morgan fingerprint density at radius 2 is 1.66 bits per heavy atom. The van der Waals surface area contributed by atoms with Gasteiger partial charge in [0.25, 0.3) is 0 Å². The van der Waals surface area contributed by atoms with E-state index in [4.69, 9.17) is 13.8 Å². The highest BCUT2D eigenvalue weighted by Crippen LogP contribution is 2.29. The zero-order valence-electron chi connectivity index (χ0n) is 19.6. The number of nitrogens with one attached hydrogen (secondary N) is 1. The molecule has 5 rings (SSSR count). The van der Waals surface area contributed by atoms with Gasteiger partial charge in [-0.3, -0.25) is 10.2 Å². The molecule has 2 heterocycles. The normalized spacial score (nSPS) is 14.1. The summed E-state index contributed by atoms with van der Waals surface area (Å²) in [4.78, 5) is 17.1. The number of hydrogen-bond donors (Lipinski definition) is 1. The fourth-order valence-corrected chi connectivity index (χ4v) is 5.02. The number of ether oxygens (including phenoxy) is 2. The molecule has 0 spiro atoms. The Bertz CT molecular complexity index is 1270. The Balaban J connectivity index is 1.07. The van der Waals surface area contributed by atoms with Gasteiger partial charge >= 0.3 is 6.09 Å². The monoisotopic (exact) mass is 488 g/mol. The van der Waals surface area contributed by atoms with Crippen LogP contribution in [0.3, 0.4) is 0 Å². The average molecular weight is 489 g/mol. The van der Waals surface area contributed by atoms with Crippen LogP contribution in [-0.4, -0.2) is 55.2 Å². The number of hydrogen-bond acceptors (Lipinski definition) is 7. The van der Waals surface area contributed by atoms with Crippen molar-refractivity contribution < 1.29 is 14.3 Å². The fraction of sp³-hybridized carbons (Fsp3) is 0.259. The Kier molecular flexibility index (Phi) is 7.11. The van der Waals surface area contributed by atoms with Crippen LogP contribution >= 0.6 is 11.5 Å². The SMILES string of the molecule is COc1ccc(OC(=O)Nc2ccc(CCN3CCN(c4nsc5ccccc45)CC3)cc2)cc1. The van der Waals surface area contributed by atoms with Crippen molar-refractivity contribution in [1.82, 2.24) is 9.27 Å². The lowest BCUT2D eigenvalue weighted by molar-refractivity contribution is 0.215. The highest BCUT2D eigenvalue weighted by atomic mass is 32.1. The molecule has 1 fully saturated rings. The zero-order chi connectivity index (χ0) is 24.0. The van der Waals surface area contributed by atoms with Crippen molar-refractivity contribution in [3.63, 3.8) is 0 Å². The van der Waals surface area contributed by atoms with Gasteiger partial charge in [-0.15, -0.1) is 0 Å². The number of benzene rings is 3. The molecule has 180 valence electrons. The molecule has 1 aromatic heterocycles. The molecule has 8 heteroatoms. The van der Waals surface area contributed by atoms with Crippen molar-refractivity contribution in [1.29, 1.82) is 0 Å². The van der Waals surface area contributed by atoms with Crippen LogP contribution in [0, 0.1) is 0 Å². The standard InChI is InChI=1S/C27H28N4O3S/c1-33-22-10-12-23(13-11-22)34-27(32)28-21-8-6-20(7-9-21)14-15-30-16-18-31(19-17-30)26-24-4-2-3-5-25(24)35-29-26/h2-13H,14-19H2,1H3,(H,28,32). The van der Waals surface area contributed by atoms with Crippen LogP contribution in [0.4, 0.5) is 16.3 Å². The lowest BCUT2D eigenvalue weighted by Crippen LogP contribution is -2.47. The summed E-state index contributed by atoms with van der Waals surface area (Å²) in [5, 5.41) is 4.03. The van der Waals surface area contributed by atoms with Gasteiger partial charge in [0.2, 0.25) is 0 Å². The molecular formula is C27H28N4O3S. The van der Waals surface area contributed by atoms with Gasteiger partial charge < -0.3 is 14.4 Å². The summed E-state index contributed by atoms with van der Waals surface area (Å²) in [6.45, 7) is 5.06. The van der Waals surface area contributed by atoms with Crippen molar-refractivity contribution in [2.75, 3.05) is 50.1 Å². The number of anilines is 2. The van der Waals surface area contributed by atoms with Gasteiger partial charge in [-0.1, -0.05) is 24.3 Å². The number of carbonyl (C=O) groups excluding carboxylic acids is 1. The molecule has 4 aromatic rings. The van der Waals surface area contributed by atoms with Gasteiger partial charge in [-0.05, 0) is 72.0 Å². The minimum atomic E-state index is -0.520. The zero-order valence-corrected chi connectivity index (χ0v) is 20.5. The van der Waals surface area contributed by atoms with E-state index in [1.165, 1.54) is 15.6 Å². The van der Waals surface area contributed by atoms with E-state index < -0.39 is 6.09 Å². The molecule has 3 aromatic carbocycles. The van der Waals surface area contributed by atoms with Crippen molar-refractivity contribution in [2.24, 2.45) is 0 Å². The van der Waals surface area contributed by atoms with E-state index in [9.17, 15) is 4.79 Å². The molecule has 1 aliphatic heterocycles. The van der Waals surface area contributed by atoms with Crippen LogP contribution in [0.25, 0.3) is 10.1 Å². The summed E-state index contributed by atoms with van der Waals surface area (Å²) in [6.07, 6.45) is 0.449. The molecular weight excluding hydrogens is 460 g/mol. The summed E-state index contributed by atoms with van der Waals surface area (Å²) in [5.41, 5.74) is 1.95. The fourth-order valence-electron chi connectivity index (χ4n) is 4.22. The summed E-state index contributed by atoms with van der Waals surface area (Å²) in [5.74, 6) is 2.30. The molecule has 0 aliphatic carbocycles. The summed E-state index contributed by atoms with van der Waals surface area (Å²) in [7, 11) is 1.59. The van der Waals surface area contributed by atoms with Gasteiger partial charge in [0.1, 0.15) is 17.3 Å². The molecule has 0 unspecified atom stereocenters. The number of rotatable bonds is 7.